The van der Waals surface area contributed by atoms with E-state index in [0.29, 0.717) is 47.5 Å². The molecule has 5 aliphatic rings. The number of amides is 1. The third-order valence-corrected chi connectivity index (χ3v) is 11.6. The van der Waals surface area contributed by atoms with Gasteiger partial charge < -0.3 is 4.90 Å². The van der Waals surface area contributed by atoms with Crippen molar-refractivity contribution in [2.24, 2.45) is 17.8 Å². The molecule has 9 rings (SSSR count). The van der Waals surface area contributed by atoms with Gasteiger partial charge in [0.05, 0.1) is 11.1 Å². The van der Waals surface area contributed by atoms with E-state index in [2.05, 4.69) is 0 Å². The maximum atomic E-state index is 14.7. The largest absolute Gasteiger partial charge is 0.417 e. The molecule has 0 atom stereocenters. The highest BCUT2D eigenvalue weighted by molar-refractivity contribution is 5.98. The lowest BCUT2D eigenvalue weighted by Gasteiger charge is -2.57. The standard InChI is InChI=1S/C41H37F6NO/c42-40(43,44)35-9-3-1-7-31(35)33-20-29(39-22-25-17-26(23-39)19-27(18-25)24-39)21-34(32-8-2-4-10-36(32)41(45,46)47)38(33)28-12-14-30(15-13-28)48-16-6-5-11-37(48)49/h1-4,7-10,12-15,20-21,25-27H,5-6,11,16-19,22-24H2. The van der Waals surface area contributed by atoms with Gasteiger partial charge in [-0.25, -0.2) is 0 Å². The molecule has 1 saturated heterocycles. The van der Waals surface area contributed by atoms with Gasteiger partial charge in [0.15, 0.2) is 0 Å². The summed E-state index contributed by atoms with van der Waals surface area (Å²) in [4.78, 5) is 14.4. The summed E-state index contributed by atoms with van der Waals surface area (Å²) in [5, 5.41) is 0. The molecule has 2 nitrogen and oxygen atoms in total. The maximum Gasteiger partial charge on any atom is 0.417 e. The Morgan fingerprint density at radius 1 is 0.612 bits per heavy atom. The number of anilines is 1. The Labute approximate surface area is 282 Å². The van der Waals surface area contributed by atoms with Gasteiger partial charge in [0.25, 0.3) is 0 Å². The molecular weight excluding hydrogens is 636 g/mol. The molecule has 1 aliphatic heterocycles. The molecule has 254 valence electrons. The van der Waals surface area contributed by atoms with E-state index in [0.717, 1.165) is 69.1 Å². The fourth-order valence-electron chi connectivity index (χ4n) is 9.97. The normalized spacial score (nSPS) is 25.2. The van der Waals surface area contributed by atoms with Crippen molar-refractivity contribution in [3.05, 3.63) is 102 Å². The van der Waals surface area contributed by atoms with Crippen LogP contribution in [0.1, 0.15) is 74.5 Å². The van der Waals surface area contributed by atoms with Gasteiger partial charge in [-0.1, -0.05) is 48.5 Å². The van der Waals surface area contributed by atoms with E-state index in [1.54, 1.807) is 41.3 Å². The molecule has 0 radical (unpaired) electrons. The first kappa shape index (κ1) is 32.2. The van der Waals surface area contributed by atoms with Crippen molar-refractivity contribution in [2.75, 3.05) is 11.4 Å². The highest BCUT2D eigenvalue weighted by atomic mass is 19.4. The number of rotatable bonds is 5. The van der Waals surface area contributed by atoms with Crippen molar-refractivity contribution in [3.63, 3.8) is 0 Å². The van der Waals surface area contributed by atoms with Gasteiger partial charge in [-0.2, -0.15) is 26.3 Å². The Morgan fingerprint density at radius 3 is 1.57 bits per heavy atom. The van der Waals surface area contributed by atoms with Crippen LogP contribution < -0.4 is 4.90 Å². The molecule has 0 N–H and O–H groups in total. The van der Waals surface area contributed by atoms with Gasteiger partial charge in [-0.05, 0) is 150 Å². The van der Waals surface area contributed by atoms with E-state index in [4.69, 9.17) is 0 Å². The van der Waals surface area contributed by atoms with Crippen molar-refractivity contribution in [3.8, 4) is 33.4 Å². The SMILES string of the molecule is O=C1CCCCN1c1ccc(-c2c(-c3ccccc3C(F)(F)F)cc(C34CC5CC(CC(C5)C3)C4)cc2-c2ccccc2C(F)(F)F)cc1. The molecule has 4 aromatic rings. The molecule has 0 unspecified atom stereocenters. The van der Waals surface area contributed by atoms with Gasteiger partial charge in [0.1, 0.15) is 0 Å². The molecular formula is C41H37F6NO. The number of alkyl halides is 6. The molecule has 4 saturated carbocycles. The Morgan fingerprint density at radius 2 is 1.10 bits per heavy atom. The van der Waals surface area contributed by atoms with E-state index in [1.807, 2.05) is 12.1 Å². The Kier molecular flexibility index (Phi) is 7.72. The zero-order valence-electron chi connectivity index (χ0n) is 27.0. The number of carbonyl (C=O) groups is 1. The first-order valence-electron chi connectivity index (χ1n) is 17.3. The predicted octanol–water partition coefficient (Wildman–Crippen LogP) is 11.7. The summed E-state index contributed by atoms with van der Waals surface area (Å²) in [5.41, 5.74) is 0.782. The van der Waals surface area contributed by atoms with Crippen LogP contribution in [0.25, 0.3) is 33.4 Å². The summed E-state index contributed by atoms with van der Waals surface area (Å²) in [7, 11) is 0. The predicted molar refractivity (Wildman–Crippen MR) is 179 cm³/mol. The molecule has 8 heteroatoms. The smallest absolute Gasteiger partial charge is 0.312 e. The molecule has 4 aliphatic carbocycles. The molecule has 0 aromatic heterocycles. The van der Waals surface area contributed by atoms with E-state index in [1.165, 1.54) is 24.3 Å². The van der Waals surface area contributed by atoms with Crippen LogP contribution in [0.2, 0.25) is 0 Å². The van der Waals surface area contributed by atoms with Crippen molar-refractivity contribution in [2.45, 2.75) is 75.6 Å². The van der Waals surface area contributed by atoms with E-state index < -0.39 is 23.5 Å². The average Bonchev–Trinajstić information content (AvgIpc) is 3.07. The summed E-state index contributed by atoms with van der Waals surface area (Å²) in [6.45, 7) is 0.562. The van der Waals surface area contributed by atoms with Crippen molar-refractivity contribution in [1.82, 2.24) is 0 Å². The minimum Gasteiger partial charge on any atom is -0.312 e. The summed E-state index contributed by atoms with van der Waals surface area (Å²) >= 11 is 0. The van der Waals surface area contributed by atoms with Gasteiger partial charge in [0, 0.05) is 18.7 Å². The molecule has 0 spiro atoms. The number of benzene rings is 4. The summed E-state index contributed by atoms with van der Waals surface area (Å²) in [6.07, 6.45) is -1.12. The second-order valence-electron chi connectivity index (χ2n) is 14.8. The zero-order valence-corrected chi connectivity index (χ0v) is 27.0. The van der Waals surface area contributed by atoms with Crippen molar-refractivity contribution < 1.29 is 31.1 Å². The van der Waals surface area contributed by atoms with Crippen molar-refractivity contribution in [1.29, 1.82) is 0 Å². The number of hydrogen-bond acceptors (Lipinski definition) is 1. The van der Waals surface area contributed by atoms with Crippen LogP contribution in [0.15, 0.2) is 84.9 Å². The van der Waals surface area contributed by atoms with Gasteiger partial charge in [-0.3, -0.25) is 4.79 Å². The summed E-state index contributed by atoms with van der Waals surface area (Å²) in [6, 6.07) is 21.5. The van der Waals surface area contributed by atoms with Crippen LogP contribution >= 0.6 is 0 Å². The summed E-state index contributed by atoms with van der Waals surface area (Å²) < 4.78 is 88.4. The molecule has 1 amide bonds. The quantitative estimate of drug-likeness (QED) is 0.193. The highest BCUT2D eigenvalue weighted by Gasteiger charge is 2.52. The lowest BCUT2D eigenvalue weighted by molar-refractivity contribution is -0.137. The van der Waals surface area contributed by atoms with Crippen LogP contribution in [0.3, 0.4) is 0 Å². The highest BCUT2D eigenvalue weighted by Crippen LogP contribution is 2.62. The monoisotopic (exact) mass is 673 g/mol. The van der Waals surface area contributed by atoms with Crippen LogP contribution in [-0.4, -0.2) is 12.5 Å². The second kappa shape index (κ2) is 11.8. The van der Waals surface area contributed by atoms with E-state index >= 15 is 0 Å². The van der Waals surface area contributed by atoms with Crippen molar-refractivity contribution >= 4 is 11.6 Å². The van der Waals surface area contributed by atoms with Crippen LogP contribution in [0.5, 0.6) is 0 Å². The molecule has 4 bridgehead atoms. The fourth-order valence-corrected chi connectivity index (χ4v) is 9.97. The topological polar surface area (TPSA) is 20.3 Å². The number of piperidine rings is 1. The van der Waals surface area contributed by atoms with E-state index in [9.17, 15) is 31.1 Å². The average molecular weight is 674 g/mol. The minimum atomic E-state index is -4.69. The number of nitrogens with zero attached hydrogens (tertiary/aromatic N) is 1. The van der Waals surface area contributed by atoms with Crippen LogP contribution in [0.4, 0.5) is 32.0 Å². The fraction of sp³-hybridized carbons (Fsp3) is 0.390. The number of hydrogen-bond donors (Lipinski definition) is 0. The first-order valence-corrected chi connectivity index (χ1v) is 17.3. The van der Waals surface area contributed by atoms with Crippen LogP contribution in [0, 0.1) is 17.8 Å². The zero-order chi connectivity index (χ0) is 34.1. The second-order valence-corrected chi connectivity index (χ2v) is 14.8. The van der Waals surface area contributed by atoms with Crippen LogP contribution in [-0.2, 0) is 22.6 Å². The Hall–Kier alpha value is -4.07. The molecule has 1 heterocycles. The minimum absolute atomic E-state index is 0.00138. The number of carbonyl (C=O) groups excluding carboxylic acids is 1. The third kappa shape index (κ3) is 5.75. The first-order chi connectivity index (χ1) is 23.4. The molecule has 49 heavy (non-hydrogen) atoms. The van der Waals surface area contributed by atoms with Gasteiger partial charge in [0.2, 0.25) is 5.91 Å². The lowest BCUT2D eigenvalue weighted by atomic mass is 9.48. The Balaban J connectivity index is 1.42. The Bertz CT molecular complexity index is 1790. The van der Waals surface area contributed by atoms with Gasteiger partial charge in [-0.15, -0.1) is 0 Å². The van der Waals surface area contributed by atoms with Gasteiger partial charge >= 0.3 is 12.4 Å². The lowest BCUT2D eigenvalue weighted by Crippen LogP contribution is -2.48. The third-order valence-electron chi connectivity index (χ3n) is 11.6. The summed E-state index contributed by atoms with van der Waals surface area (Å²) in [5.74, 6) is 1.56. The maximum absolute atomic E-state index is 14.7. The van der Waals surface area contributed by atoms with E-state index in [-0.39, 0.29) is 33.6 Å². The molecule has 5 fully saturated rings. The number of halogens is 6. The molecule has 4 aromatic carbocycles.